The van der Waals surface area contributed by atoms with Gasteiger partial charge in [0.15, 0.2) is 11.5 Å². The second-order valence-corrected chi connectivity index (χ2v) is 4.58. The molecule has 106 valence electrons. The average Bonchev–Trinajstić information content (AvgIpc) is 2.43. The van der Waals surface area contributed by atoms with Crippen molar-refractivity contribution >= 4 is 5.91 Å². The van der Waals surface area contributed by atoms with Gasteiger partial charge in [0.2, 0.25) is 0 Å². The van der Waals surface area contributed by atoms with Gasteiger partial charge in [-0.1, -0.05) is 13.8 Å². The lowest BCUT2D eigenvalue weighted by Crippen LogP contribution is -2.41. The molecule has 0 radical (unpaired) electrons. The number of methoxy groups -OCH3 is 2. The Morgan fingerprint density at radius 3 is 2.37 bits per heavy atom. The molecule has 0 spiro atoms. The van der Waals surface area contributed by atoms with E-state index in [0.29, 0.717) is 17.1 Å². The van der Waals surface area contributed by atoms with Crippen LogP contribution >= 0.6 is 0 Å². The van der Waals surface area contributed by atoms with Gasteiger partial charge in [-0.05, 0) is 24.1 Å². The van der Waals surface area contributed by atoms with Crippen molar-refractivity contribution in [2.75, 3.05) is 20.8 Å². The van der Waals surface area contributed by atoms with E-state index < -0.39 is 0 Å². The van der Waals surface area contributed by atoms with Crippen LogP contribution in [0, 0.1) is 5.92 Å². The molecule has 0 aliphatic rings. The highest BCUT2D eigenvalue weighted by Crippen LogP contribution is 2.27. The maximum absolute atomic E-state index is 12.1. The zero-order valence-electron chi connectivity index (χ0n) is 11.8. The lowest BCUT2D eigenvalue weighted by atomic mass is 10.0. The van der Waals surface area contributed by atoms with Crippen molar-refractivity contribution in [3.05, 3.63) is 23.8 Å². The van der Waals surface area contributed by atoms with Gasteiger partial charge in [-0.2, -0.15) is 0 Å². The van der Waals surface area contributed by atoms with Gasteiger partial charge in [-0.3, -0.25) is 4.79 Å². The Morgan fingerprint density at radius 1 is 1.26 bits per heavy atom. The predicted octanol–water partition coefficient (Wildman–Crippen LogP) is 1.45. The molecule has 2 N–H and O–H groups in total. The summed E-state index contributed by atoms with van der Waals surface area (Å²) in [5, 5.41) is 12.0. The number of ether oxygens (including phenoxy) is 2. The van der Waals surface area contributed by atoms with Crippen LogP contribution in [0.15, 0.2) is 18.2 Å². The van der Waals surface area contributed by atoms with Crippen molar-refractivity contribution < 1.29 is 19.4 Å². The molecule has 1 aromatic rings. The van der Waals surface area contributed by atoms with Crippen molar-refractivity contribution in [1.29, 1.82) is 0 Å². The van der Waals surface area contributed by atoms with E-state index in [9.17, 15) is 9.90 Å². The molecule has 0 saturated carbocycles. The minimum absolute atomic E-state index is 0.0866. The highest BCUT2D eigenvalue weighted by Gasteiger charge is 2.17. The first-order valence-corrected chi connectivity index (χ1v) is 6.17. The Balaban J connectivity index is 2.88. The molecule has 1 unspecified atom stereocenters. The summed E-state index contributed by atoms with van der Waals surface area (Å²) in [6.07, 6.45) is 0. The molecule has 5 nitrogen and oxygen atoms in total. The summed E-state index contributed by atoms with van der Waals surface area (Å²) in [4.78, 5) is 12.1. The first kappa shape index (κ1) is 15.3. The highest BCUT2D eigenvalue weighted by atomic mass is 16.5. The molecular formula is C14H21NO4. The van der Waals surface area contributed by atoms with Gasteiger partial charge in [0.05, 0.1) is 26.9 Å². The van der Waals surface area contributed by atoms with E-state index in [4.69, 9.17) is 9.47 Å². The second-order valence-electron chi connectivity index (χ2n) is 4.58. The van der Waals surface area contributed by atoms with Crippen molar-refractivity contribution in [2.45, 2.75) is 19.9 Å². The molecule has 0 aliphatic carbocycles. The van der Waals surface area contributed by atoms with E-state index in [1.54, 1.807) is 18.2 Å². The monoisotopic (exact) mass is 267 g/mol. The van der Waals surface area contributed by atoms with Gasteiger partial charge < -0.3 is 19.9 Å². The SMILES string of the molecule is COc1ccc(C(=O)NC(CO)C(C)C)cc1OC. The molecule has 1 atom stereocenters. The smallest absolute Gasteiger partial charge is 0.251 e. The van der Waals surface area contributed by atoms with Crippen molar-refractivity contribution in [3.8, 4) is 11.5 Å². The third-order valence-electron chi connectivity index (χ3n) is 2.96. The first-order chi connectivity index (χ1) is 9.03. The van der Waals surface area contributed by atoms with Crippen LogP contribution in [0.1, 0.15) is 24.2 Å². The zero-order valence-corrected chi connectivity index (χ0v) is 11.8. The maximum Gasteiger partial charge on any atom is 0.251 e. The average molecular weight is 267 g/mol. The highest BCUT2D eigenvalue weighted by molar-refractivity contribution is 5.95. The Kier molecular flexibility index (Phi) is 5.63. The van der Waals surface area contributed by atoms with Crippen LogP contribution in [0.3, 0.4) is 0 Å². The molecule has 5 heteroatoms. The standard InChI is InChI=1S/C14H21NO4/c1-9(2)11(8-16)15-14(17)10-5-6-12(18-3)13(7-10)19-4/h5-7,9,11,16H,8H2,1-4H3,(H,15,17). The summed E-state index contributed by atoms with van der Waals surface area (Å²) < 4.78 is 10.3. The maximum atomic E-state index is 12.1. The van der Waals surface area contributed by atoms with Crippen LogP contribution in [0.4, 0.5) is 0 Å². The summed E-state index contributed by atoms with van der Waals surface area (Å²) in [7, 11) is 3.06. The molecule has 0 aromatic heterocycles. The van der Waals surface area contributed by atoms with Gasteiger partial charge in [0, 0.05) is 5.56 Å². The van der Waals surface area contributed by atoms with Crippen LogP contribution in [0.2, 0.25) is 0 Å². The van der Waals surface area contributed by atoms with Gasteiger partial charge in [-0.25, -0.2) is 0 Å². The topological polar surface area (TPSA) is 67.8 Å². The summed E-state index contributed by atoms with van der Waals surface area (Å²) in [6, 6.07) is 4.69. The number of rotatable bonds is 6. The van der Waals surface area contributed by atoms with E-state index >= 15 is 0 Å². The van der Waals surface area contributed by atoms with Crippen molar-refractivity contribution in [1.82, 2.24) is 5.32 Å². The van der Waals surface area contributed by atoms with Crippen molar-refractivity contribution in [3.63, 3.8) is 0 Å². The fourth-order valence-corrected chi connectivity index (χ4v) is 1.65. The first-order valence-electron chi connectivity index (χ1n) is 6.17. The van der Waals surface area contributed by atoms with Gasteiger partial charge >= 0.3 is 0 Å². The quantitative estimate of drug-likeness (QED) is 0.818. The Bertz CT molecular complexity index is 431. The molecule has 0 saturated heterocycles. The molecule has 0 heterocycles. The lowest BCUT2D eigenvalue weighted by Gasteiger charge is -2.20. The number of aliphatic hydroxyl groups is 1. The minimum Gasteiger partial charge on any atom is -0.493 e. The molecule has 1 amide bonds. The minimum atomic E-state index is -0.263. The third kappa shape index (κ3) is 3.86. The number of amides is 1. The largest absolute Gasteiger partial charge is 0.493 e. The summed E-state index contributed by atoms with van der Waals surface area (Å²) in [5.41, 5.74) is 0.469. The Labute approximate surface area is 113 Å². The summed E-state index contributed by atoms with van der Waals surface area (Å²) in [6.45, 7) is 3.79. The van der Waals surface area contributed by atoms with E-state index in [1.165, 1.54) is 14.2 Å². The number of carbonyl (C=O) groups is 1. The number of benzene rings is 1. The van der Waals surface area contributed by atoms with Gasteiger partial charge in [0.25, 0.3) is 5.91 Å². The molecule has 1 rings (SSSR count). The molecule has 19 heavy (non-hydrogen) atoms. The van der Waals surface area contributed by atoms with E-state index in [0.717, 1.165) is 0 Å². The Morgan fingerprint density at radius 2 is 1.89 bits per heavy atom. The van der Waals surface area contributed by atoms with E-state index in [1.807, 2.05) is 13.8 Å². The lowest BCUT2D eigenvalue weighted by molar-refractivity contribution is 0.0896. The molecule has 0 aliphatic heterocycles. The van der Waals surface area contributed by atoms with E-state index in [2.05, 4.69) is 5.32 Å². The molecule has 0 bridgehead atoms. The zero-order chi connectivity index (χ0) is 14.4. The third-order valence-corrected chi connectivity index (χ3v) is 2.96. The van der Waals surface area contributed by atoms with E-state index in [-0.39, 0.29) is 24.5 Å². The number of hydrogen-bond donors (Lipinski definition) is 2. The Hall–Kier alpha value is -1.75. The normalized spacial score (nSPS) is 12.1. The molecular weight excluding hydrogens is 246 g/mol. The van der Waals surface area contributed by atoms with Crippen LogP contribution < -0.4 is 14.8 Å². The second kappa shape index (κ2) is 6.99. The van der Waals surface area contributed by atoms with Crippen LogP contribution in [0.5, 0.6) is 11.5 Å². The van der Waals surface area contributed by atoms with Gasteiger partial charge in [0.1, 0.15) is 0 Å². The van der Waals surface area contributed by atoms with Crippen LogP contribution in [0.25, 0.3) is 0 Å². The fourth-order valence-electron chi connectivity index (χ4n) is 1.65. The fraction of sp³-hybridized carbons (Fsp3) is 0.500. The molecule has 0 fully saturated rings. The summed E-state index contributed by atoms with van der Waals surface area (Å²) >= 11 is 0. The number of aliphatic hydroxyl groups excluding tert-OH is 1. The van der Waals surface area contributed by atoms with Crippen LogP contribution in [-0.2, 0) is 0 Å². The van der Waals surface area contributed by atoms with Crippen LogP contribution in [-0.4, -0.2) is 37.9 Å². The van der Waals surface area contributed by atoms with Crippen molar-refractivity contribution in [2.24, 2.45) is 5.92 Å². The number of hydrogen-bond acceptors (Lipinski definition) is 4. The predicted molar refractivity (Wildman–Crippen MR) is 72.7 cm³/mol. The summed E-state index contributed by atoms with van der Waals surface area (Å²) in [5.74, 6) is 0.990. The molecule has 1 aromatic carbocycles. The number of nitrogens with one attached hydrogen (secondary N) is 1. The number of carbonyl (C=O) groups excluding carboxylic acids is 1. The van der Waals surface area contributed by atoms with Gasteiger partial charge in [-0.15, -0.1) is 0 Å².